The van der Waals surface area contributed by atoms with E-state index in [1.165, 1.54) is 24.3 Å². The Balaban J connectivity index is 1.62. The minimum atomic E-state index is -3.68. The molecule has 1 amide bonds. The van der Waals surface area contributed by atoms with Crippen LogP contribution >= 0.6 is 0 Å². The first-order valence-electron chi connectivity index (χ1n) is 7.69. The van der Waals surface area contributed by atoms with Crippen molar-refractivity contribution in [3.63, 3.8) is 0 Å². The number of benzene rings is 2. The van der Waals surface area contributed by atoms with Crippen molar-refractivity contribution in [3.05, 3.63) is 53.6 Å². The van der Waals surface area contributed by atoms with E-state index in [0.29, 0.717) is 23.6 Å². The average molecular weight is 372 g/mol. The fourth-order valence-electron chi connectivity index (χ4n) is 2.34. The maximum atomic E-state index is 12.2. The summed E-state index contributed by atoms with van der Waals surface area (Å²) in [5.74, 6) is 3.20. The molecular weight excluding hydrogens is 356 g/mol. The van der Waals surface area contributed by atoms with Gasteiger partial charge in [0, 0.05) is 12.1 Å². The van der Waals surface area contributed by atoms with Gasteiger partial charge in [-0.15, -0.1) is 6.42 Å². The molecule has 0 aliphatic carbocycles. The second kappa shape index (κ2) is 7.47. The lowest BCUT2D eigenvalue weighted by Gasteiger charge is -2.08. The van der Waals surface area contributed by atoms with Crippen molar-refractivity contribution < 1.29 is 22.7 Å². The van der Waals surface area contributed by atoms with E-state index in [-0.39, 0.29) is 24.1 Å². The van der Waals surface area contributed by atoms with E-state index in [9.17, 15) is 13.2 Å². The largest absolute Gasteiger partial charge is 0.454 e. The zero-order valence-corrected chi connectivity index (χ0v) is 14.5. The number of nitrogens with one attached hydrogen (secondary N) is 2. The minimum Gasteiger partial charge on any atom is -0.454 e. The zero-order valence-electron chi connectivity index (χ0n) is 13.7. The third-order valence-corrected chi connectivity index (χ3v) is 5.10. The third kappa shape index (κ3) is 3.96. The van der Waals surface area contributed by atoms with Crippen molar-refractivity contribution in [2.75, 3.05) is 13.3 Å². The number of amides is 1. The van der Waals surface area contributed by atoms with Gasteiger partial charge in [-0.05, 0) is 42.0 Å². The average Bonchev–Trinajstić information content (AvgIpc) is 3.12. The lowest BCUT2D eigenvalue weighted by Crippen LogP contribution is -2.25. The van der Waals surface area contributed by atoms with Crippen molar-refractivity contribution in [3.8, 4) is 23.8 Å². The normalized spacial score (nSPS) is 12.4. The standard InChI is InChI=1S/C18H16N2O5S/c1-2-9-20-26(22,23)15-6-4-14(5-7-15)18(21)19-11-13-3-8-16-17(10-13)25-12-24-16/h1,3-8,10,20H,9,11-12H2,(H,19,21). The molecule has 0 spiro atoms. The van der Waals surface area contributed by atoms with Crippen molar-refractivity contribution in [1.82, 2.24) is 10.0 Å². The summed E-state index contributed by atoms with van der Waals surface area (Å²) >= 11 is 0. The zero-order chi connectivity index (χ0) is 18.6. The summed E-state index contributed by atoms with van der Waals surface area (Å²) in [6.45, 7) is 0.399. The fourth-order valence-corrected chi connectivity index (χ4v) is 3.28. The Morgan fingerprint density at radius 3 is 2.58 bits per heavy atom. The van der Waals surface area contributed by atoms with Crippen molar-refractivity contribution in [2.45, 2.75) is 11.4 Å². The first-order valence-corrected chi connectivity index (χ1v) is 9.18. The summed E-state index contributed by atoms with van der Waals surface area (Å²) in [4.78, 5) is 12.3. The van der Waals surface area contributed by atoms with E-state index < -0.39 is 10.0 Å². The van der Waals surface area contributed by atoms with E-state index in [4.69, 9.17) is 15.9 Å². The maximum absolute atomic E-state index is 12.2. The Bertz CT molecular complexity index is 962. The molecule has 8 heteroatoms. The monoisotopic (exact) mass is 372 g/mol. The van der Waals surface area contributed by atoms with E-state index in [1.807, 2.05) is 6.07 Å². The highest BCUT2D eigenvalue weighted by molar-refractivity contribution is 7.89. The molecule has 1 aliphatic heterocycles. The molecule has 0 atom stereocenters. The molecule has 1 aliphatic rings. The molecule has 0 saturated carbocycles. The molecule has 2 N–H and O–H groups in total. The van der Waals surface area contributed by atoms with Gasteiger partial charge in [-0.25, -0.2) is 8.42 Å². The third-order valence-electron chi connectivity index (χ3n) is 3.68. The molecule has 134 valence electrons. The second-order valence-electron chi connectivity index (χ2n) is 5.42. The number of hydrogen-bond acceptors (Lipinski definition) is 5. The molecular formula is C18H16N2O5S. The van der Waals surface area contributed by atoms with Gasteiger partial charge < -0.3 is 14.8 Å². The second-order valence-corrected chi connectivity index (χ2v) is 7.19. The summed E-state index contributed by atoms with van der Waals surface area (Å²) in [6, 6.07) is 11.0. The lowest BCUT2D eigenvalue weighted by molar-refractivity contribution is 0.0950. The quantitative estimate of drug-likeness (QED) is 0.745. The van der Waals surface area contributed by atoms with Gasteiger partial charge in [-0.2, -0.15) is 4.72 Å². The highest BCUT2D eigenvalue weighted by Crippen LogP contribution is 2.32. The van der Waals surface area contributed by atoms with Gasteiger partial charge in [0.25, 0.3) is 5.91 Å². The van der Waals surface area contributed by atoms with Gasteiger partial charge in [0.1, 0.15) is 0 Å². The Labute approximate surface area is 151 Å². The Morgan fingerprint density at radius 2 is 1.85 bits per heavy atom. The number of hydrogen-bond donors (Lipinski definition) is 2. The molecule has 0 radical (unpaired) electrons. The van der Waals surface area contributed by atoms with Gasteiger partial charge in [0.15, 0.2) is 11.5 Å². The van der Waals surface area contributed by atoms with Crippen LogP contribution in [0.4, 0.5) is 0 Å². The molecule has 2 aromatic rings. The molecule has 0 saturated heterocycles. The van der Waals surface area contributed by atoms with Crippen molar-refractivity contribution >= 4 is 15.9 Å². The number of carbonyl (C=O) groups excluding carboxylic acids is 1. The molecule has 1 heterocycles. The summed E-state index contributed by atoms with van der Waals surface area (Å²) < 4.78 is 36.7. The van der Waals surface area contributed by atoms with E-state index >= 15 is 0 Å². The van der Waals surface area contributed by atoms with E-state index in [0.717, 1.165) is 5.56 Å². The number of rotatable bonds is 6. The molecule has 7 nitrogen and oxygen atoms in total. The van der Waals surface area contributed by atoms with Gasteiger partial charge in [-0.1, -0.05) is 12.0 Å². The predicted octanol–water partition coefficient (Wildman–Crippen LogP) is 1.26. The van der Waals surface area contributed by atoms with Crippen LogP contribution in [-0.2, 0) is 16.6 Å². The SMILES string of the molecule is C#CCNS(=O)(=O)c1ccc(C(=O)NCc2ccc3c(c2)OCO3)cc1. The number of fused-ring (bicyclic) bond motifs is 1. The van der Waals surface area contributed by atoms with Crippen LogP contribution in [-0.4, -0.2) is 27.7 Å². The molecule has 0 unspecified atom stereocenters. The van der Waals surface area contributed by atoms with Crippen LogP contribution in [0.1, 0.15) is 15.9 Å². The van der Waals surface area contributed by atoms with Crippen LogP contribution in [0.15, 0.2) is 47.4 Å². The highest BCUT2D eigenvalue weighted by Gasteiger charge is 2.15. The van der Waals surface area contributed by atoms with Gasteiger partial charge in [0.05, 0.1) is 11.4 Å². The van der Waals surface area contributed by atoms with E-state index in [2.05, 4.69) is 16.0 Å². The molecule has 0 bridgehead atoms. The maximum Gasteiger partial charge on any atom is 0.251 e. The van der Waals surface area contributed by atoms with Gasteiger partial charge in [-0.3, -0.25) is 4.79 Å². The molecule has 2 aromatic carbocycles. The first kappa shape index (κ1) is 17.8. The number of sulfonamides is 1. The number of ether oxygens (including phenoxy) is 2. The predicted molar refractivity (Wildman–Crippen MR) is 94.2 cm³/mol. The number of carbonyl (C=O) groups is 1. The Kier molecular flexibility index (Phi) is 5.11. The van der Waals surface area contributed by atoms with E-state index in [1.54, 1.807) is 12.1 Å². The smallest absolute Gasteiger partial charge is 0.251 e. The molecule has 26 heavy (non-hydrogen) atoms. The summed E-state index contributed by atoms with van der Waals surface area (Å²) in [5.41, 5.74) is 1.21. The van der Waals surface area contributed by atoms with Crippen LogP contribution in [0, 0.1) is 12.3 Å². The van der Waals surface area contributed by atoms with Crippen LogP contribution in [0.5, 0.6) is 11.5 Å². The van der Waals surface area contributed by atoms with Gasteiger partial charge in [0.2, 0.25) is 16.8 Å². The Morgan fingerprint density at radius 1 is 1.12 bits per heavy atom. The minimum absolute atomic E-state index is 0.0417. The summed E-state index contributed by atoms with van der Waals surface area (Å²) in [6.07, 6.45) is 5.04. The highest BCUT2D eigenvalue weighted by atomic mass is 32.2. The number of terminal acetylenes is 1. The van der Waals surface area contributed by atoms with Crippen LogP contribution in [0.3, 0.4) is 0 Å². The topological polar surface area (TPSA) is 93.7 Å². The van der Waals surface area contributed by atoms with Crippen LogP contribution in [0.2, 0.25) is 0 Å². The van der Waals surface area contributed by atoms with Crippen LogP contribution in [0.25, 0.3) is 0 Å². The molecule has 3 rings (SSSR count). The first-order chi connectivity index (χ1) is 12.5. The summed E-state index contributed by atoms with van der Waals surface area (Å²) in [5, 5.41) is 2.77. The Hall–Kier alpha value is -3.02. The summed E-state index contributed by atoms with van der Waals surface area (Å²) in [7, 11) is -3.68. The van der Waals surface area contributed by atoms with Crippen molar-refractivity contribution in [1.29, 1.82) is 0 Å². The molecule has 0 fully saturated rings. The lowest BCUT2D eigenvalue weighted by atomic mass is 10.2. The van der Waals surface area contributed by atoms with Gasteiger partial charge >= 0.3 is 0 Å². The fraction of sp³-hybridized carbons (Fsp3) is 0.167. The van der Waals surface area contributed by atoms with Crippen molar-refractivity contribution in [2.24, 2.45) is 0 Å². The molecule has 0 aromatic heterocycles. The van der Waals surface area contributed by atoms with Crippen LogP contribution < -0.4 is 19.5 Å².